The zero-order valence-corrected chi connectivity index (χ0v) is 13.3. The molecule has 2 aromatic rings. The average molecular weight is 338 g/mol. The smallest absolute Gasteiger partial charge is 0.192 e. The number of nitrogens with two attached hydrogens (primary N) is 1. The molecule has 2 rings (SSSR count). The van der Waals surface area contributed by atoms with Crippen molar-refractivity contribution in [1.82, 2.24) is 9.97 Å². The molecule has 19 heavy (non-hydrogen) atoms. The highest BCUT2D eigenvalue weighted by molar-refractivity contribution is 9.10. The molecule has 0 amide bonds. The lowest BCUT2D eigenvalue weighted by atomic mass is 10.1. The minimum Gasteiger partial charge on any atom is -0.328 e. The Balaban J connectivity index is 2.27. The normalized spacial score (nSPS) is 12.4. The van der Waals surface area contributed by atoms with E-state index in [1.165, 1.54) is 5.56 Å². The van der Waals surface area contributed by atoms with Crippen LogP contribution in [0.15, 0.2) is 45.1 Å². The van der Waals surface area contributed by atoms with Gasteiger partial charge in [0.15, 0.2) is 5.16 Å². The average Bonchev–Trinajstić information content (AvgIpc) is 2.35. The molecule has 0 saturated carbocycles. The van der Waals surface area contributed by atoms with Crippen LogP contribution >= 0.6 is 27.7 Å². The quantitative estimate of drug-likeness (QED) is 0.866. The molecule has 0 radical (unpaired) electrons. The lowest BCUT2D eigenvalue weighted by Crippen LogP contribution is -2.18. The molecule has 100 valence electrons. The van der Waals surface area contributed by atoms with Gasteiger partial charge in [-0.3, -0.25) is 0 Å². The molecule has 0 fully saturated rings. The fraction of sp³-hybridized carbons (Fsp3) is 0.286. The molecule has 5 heteroatoms. The van der Waals surface area contributed by atoms with Gasteiger partial charge in [-0.1, -0.05) is 22.0 Å². The van der Waals surface area contributed by atoms with Crippen LogP contribution in [-0.4, -0.2) is 16.0 Å². The number of halogens is 1. The topological polar surface area (TPSA) is 51.8 Å². The molecule has 0 bridgehead atoms. The van der Waals surface area contributed by atoms with E-state index in [-0.39, 0.29) is 6.04 Å². The van der Waals surface area contributed by atoms with Crippen molar-refractivity contribution in [2.75, 3.05) is 0 Å². The van der Waals surface area contributed by atoms with Crippen LogP contribution in [0.3, 0.4) is 0 Å². The SMILES string of the molecule is Cc1cnc(Sc2cc(Br)ccc2CC(C)N)nc1. The Hall–Kier alpha value is -0.910. The third-order valence-corrected chi connectivity index (χ3v) is 4.02. The number of aromatic nitrogens is 2. The van der Waals surface area contributed by atoms with Gasteiger partial charge in [-0.2, -0.15) is 0 Å². The number of hydrogen-bond donors (Lipinski definition) is 1. The highest BCUT2D eigenvalue weighted by atomic mass is 79.9. The third kappa shape index (κ3) is 4.30. The highest BCUT2D eigenvalue weighted by Crippen LogP contribution is 2.31. The maximum atomic E-state index is 5.89. The number of rotatable bonds is 4. The first-order valence-corrected chi connectivity index (χ1v) is 7.66. The maximum Gasteiger partial charge on any atom is 0.192 e. The summed E-state index contributed by atoms with van der Waals surface area (Å²) in [6.45, 7) is 3.99. The van der Waals surface area contributed by atoms with E-state index in [2.05, 4.69) is 38.0 Å². The van der Waals surface area contributed by atoms with Crippen LogP contribution in [0.2, 0.25) is 0 Å². The molecule has 1 unspecified atom stereocenters. The van der Waals surface area contributed by atoms with Crippen LogP contribution in [0.5, 0.6) is 0 Å². The van der Waals surface area contributed by atoms with E-state index in [1.54, 1.807) is 11.8 Å². The number of benzene rings is 1. The summed E-state index contributed by atoms with van der Waals surface area (Å²) in [5, 5.41) is 0.759. The summed E-state index contributed by atoms with van der Waals surface area (Å²) in [6, 6.07) is 6.37. The molecule has 0 aliphatic carbocycles. The molecule has 0 spiro atoms. The predicted octanol–water partition coefficient (Wildman–Crippen LogP) is 3.59. The van der Waals surface area contributed by atoms with Crippen molar-refractivity contribution in [3.05, 3.63) is 46.2 Å². The summed E-state index contributed by atoms with van der Waals surface area (Å²) in [7, 11) is 0. The minimum absolute atomic E-state index is 0.138. The summed E-state index contributed by atoms with van der Waals surface area (Å²) in [4.78, 5) is 9.81. The van der Waals surface area contributed by atoms with Crippen molar-refractivity contribution in [3.63, 3.8) is 0 Å². The molecule has 1 atom stereocenters. The van der Waals surface area contributed by atoms with Crippen LogP contribution in [0, 0.1) is 6.92 Å². The first-order valence-electron chi connectivity index (χ1n) is 6.05. The zero-order valence-electron chi connectivity index (χ0n) is 10.9. The Kier molecular flexibility index (Phi) is 4.96. The highest BCUT2D eigenvalue weighted by Gasteiger charge is 2.09. The van der Waals surface area contributed by atoms with Crippen molar-refractivity contribution >= 4 is 27.7 Å². The monoisotopic (exact) mass is 337 g/mol. The van der Waals surface area contributed by atoms with Gasteiger partial charge < -0.3 is 5.73 Å². The van der Waals surface area contributed by atoms with Crippen LogP contribution in [-0.2, 0) is 6.42 Å². The summed E-state index contributed by atoms with van der Waals surface area (Å²) >= 11 is 5.07. The van der Waals surface area contributed by atoms with Gasteiger partial charge >= 0.3 is 0 Å². The molecule has 2 N–H and O–H groups in total. The Morgan fingerprint density at radius 1 is 1.32 bits per heavy atom. The van der Waals surface area contributed by atoms with E-state index < -0.39 is 0 Å². The molecule has 0 saturated heterocycles. The van der Waals surface area contributed by atoms with Gasteiger partial charge in [0, 0.05) is 27.8 Å². The second-order valence-corrected chi connectivity index (χ2v) is 6.50. The Labute approximate surface area is 126 Å². The van der Waals surface area contributed by atoms with Gasteiger partial charge in [-0.25, -0.2) is 9.97 Å². The summed E-state index contributed by atoms with van der Waals surface area (Å²) in [5.74, 6) is 0. The first kappa shape index (κ1) is 14.5. The van der Waals surface area contributed by atoms with E-state index in [4.69, 9.17) is 5.73 Å². The van der Waals surface area contributed by atoms with Crippen molar-refractivity contribution in [3.8, 4) is 0 Å². The van der Waals surface area contributed by atoms with Crippen molar-refractivity contribution in [1.29, 1.82) is 0 Å². The van der Waals surface area contributed by atoms with E-state index in [0.717, 1.165) is 26.5 Å². The lowest BCUT2D eigenvalue weighted by Gasteiger charge is -2.11. The van der Waals surface area contributed by atoms with Gasteiger partial charge in [0.05, 0.1) is 0 Å². The lowest BCUT2D eigenvalue weighted by molar-refractivity contribution is 0.729. The number of hydrogen-bond acceptors (Lipinski definition) is 4. The summed E-state index contributed by atoms with van der Waals surface area (Å²) in [5.41, 5.74) is 8.19. The van der Waals surface area contributed by atoms with E-state index in [1.807, 2.05) is 32.3 Å². The molecular weight excluding hydrogens is 322 g/mol. The zero-order chi connectivity index (χ0) is 13.8. The molecule has 0 aliphatic heterocycles. The van der Waals surface area contributed by atoms with Crippen LogP contribution in [0.1, 0.15) is 18.1 Å². The fourth-order valence-corrected chi connectivity index (χ4v) is 3.06. The van der Waals surface area contributed by atoms with Crippen molar-refractivity contribution in [2.45, 2.75) is 36.4 Å². The predicted molar refractivity (Wildman–Crippen MR) is 82.4 cm³/mol. The van der Waals surface area contributed by atoms with E-state index in [0.29, 0.717) is 0 Å². The first-order chi connectivity index (χ1) is 9.04. The third-order valence-electron chi connectivity index (χ3n) is 2.53. The molecule has 1 aromatic carbocycles. The fourth-order valence-electron chi connectivity index (χ4n) is 1.67. The van der Waals surface area contributed by atoms with Crippen molar-refractivity contribution in [2.24, 2.45) is 5.73 Å². The van der Waals surface area contributed by atoms with Crippen LogP contribution in [0.25, 0.3) is 0 Å². The number of nitrogens with zero attached hydrogens (tertiary/aromatic N) is 2. The number of aryl methyl sites for hydroxylation is 1. The Bertz CT molecular complexity index is 555. The Morgan fingerprint density at radius 2 is 2.00 bits per heavy atom. The molecule has 1 aromatic heterocycles. The molecule has 0 aliphatic rings. The van der Waals surface area contributed by atoms with Crippen LogP contribution < -0.4 is 5.73 Å². The Morgan fingerprint density at radius 3 is 2.63 bits per heavy atom. The summed E-state index contributed by atoms with van der Waals surface area (Å²) in [6.07, 6.45) is 4.51. The molecule has 3 nitrogen and oxygen atoms in total. The van der Waals surface area contributed by atoms with Crippen molar-refractivity contribution < 1.29 is 0 Å². The molecule has 1 heterocycles. The van der Waals surface area contributed by atoms with Gasteiger partial charge in [0.25, 0.3) is 0 Å². The largest absolute Gasteiger partial charge is 0.328 e. The second-order valence-electron chi connectivity index (χ2n) is 4.58. The molecular formula is C14H16BrN3S. The van der Waals surface area contributed by atoms with Gasteiger partial charge in [-0.05, 0) is 55.3 Å². The van der Waals surface area contributed by atoms with Crippen LogP contribution in [0.4, 0.5) is 0 Å². The van der Waals surface area contributed by atoms with E-state index in [9.17, 15) is 0 Å². The van der Waals surface area contributed by atoms with Gasteiger partial charge in [0.1, 0.15) is 0 Å². The standard InChI is InChI=1S/C14H16BrN3S/c1-9-7-17-14(18-8-9)19-13-6-12(15)4-3-11(13)5-10(2)16/h3-4,6-8,10H,5,16H2,1-2H3. The van der Waals surface area contributed by atoms with E-state index >= 15 is 0 Å². The van der Waals surface area contributed by atoms with Gasteiger partial charge in [-0.15, -0.1) is 0 Å². The maximum absolute atomic E-state index is 5.89. The minimum atomic E-state index is 0.138. The van der Waals surface area contributed by atoms with Gasteiger partial charge in [0.2, 0.25) is 0 Å². The second kappa shape index (κ2) is 6.50. The summed E-state index contributed by atoms with van der Waals surface area (Å²) < 4.78 is 1.05.